The van der Waals surface area contributed by atoms with E-state index in [-0.39, 0.29) is 17.4 Å². The molecule has 0 aliphatic rings. The van der Waals surface area contributed by atoms with Gasteiger partial charge in [0.15, 0.2) is 0 Å². The van der Waals surface area contributed by atoms with Crippen LogP contribution in [0.4, 0.5) is 0 Å². The number of hydrogen-bond acceptors (Lipinski definition) is 3. The van der Waals surface area contributed by atoms with Gasteiger partial charge in [0.05, 0.1) is 5.56 Å². The van der Waals surface area contributed by atoms with Crippen LogP contribution in [0.25, 0.3) is 0 Å². The minimum absolute atomic E-state index is 0.0120. The van der Waals surface area contributed by atoms with E-state index in [0.717, 1.165) is 5.56 Å². The lowest BCUT2D eigenvalue weighted by Gasteiger charge is -2.09. The molecule has 14 heavy (non-hydrogen) atoms. The molecule has 3 N–H and O–H groups in total. The van der Waals surface area contributed by atoms with Crippen LogP contribution in [0.3, 0.4) is 0 Å². The zero-order valence-electron chi connectivity index (χ0n) is 7.77. The van der Waals surface area contributed by atoms with Gasteiger partial charge in [-0.05, 0) is 24.1 Å². The minimum atomic E-state index is -0.166. The van der Waals surface area contributed by atoms with Crippen molar-refractivity contribution in [2.24, 2.45) is 5.73 Å². The molecule has 0 fully saturated rings. The molecule has 3 heteroatoms. The largest absolute Gasteiger partial charge is 0.507 e. The summed E-state index contributed by atoms with van der Waals surface area (Å²) in [4.78, 5) is 0. The van der Waals surface area contributed by atoms with Crippen LogP contribution < -0.4 is 5.73 Å². The Kier molecular flexibility index (Phi) is 3.27. The van der Waals surface area contributed by atoms with Crippen molar-refractivity contribution < 1.29 is 5.11 Å². The van der Waals surface area contributed by atoms with Gasteiger partial charge in [-0.2, -0.15) is 5.26 Å². The number of aromatic hydroxyl groups is 1. The molecule has 0 spiro atoms. The highest BCUT2D eigenvalue weighted by Gasteiger charge is 2.07. The quantitative estimate of drug-likeness (QED) is 0.711. The summed E-state index contributed by atoms with van der Waals surface area (Å²) in [5, 5.41) is 17.9. The molecule has 1 aromatic rings. The van der Waals surface area contributed by atoms with E-state index in [9.17, 15) is 5.11 Å². The monoisotopic (exact) mass is 188 g/mol. The Balaban J connectivity index is 3.01. The molecule has 0 heterocycles. The molecule has 1 aromatic carbocycles. The average Bonchev–Trinajstić information content (AvgIpc) is 2.19. The van der Waals surface area contributed by atoms with E-state index in [4.69, 9.17) is 11.0 Å². The van der Waals surface area contributed by atoms with Crippen molar-refractivity contribution >= 4 is 0 Å². The maximum absolute atomic E-state index is 9.26. The SMILES string of the molecule is C=CC[C@@H](N)c1ccc(O)c(C#N)c1. The van der Waals surface area contributed by atoms with E-state index in [0.29, 0.717) is 6.42 Å². The van der Waals surface area contributed by atoms with Crippen LogP contribution >= 0.6 is 0 Å². The first-order chi connectivity index (χ1) is 6.69. The second-order valence-electron chi connectivity index (χ2n) is 3.02. The molecular formula is C11H12N2O. The van der Waals surface area contributed by atoms with Crippen LogP contribution in [0.5, 0.6) is 5.75 Å². The standard InChI is InChI=1S/C11H12N2O/c1-2-3-10(13)8-4-5-11(14)9(6-8)7-12/h2,4-6,10,14H,1,3,13H2/t10-/m1/s1. The van der Waals surface area contributed by atoms with Crippen LogP contribution in [-0.4, -0.2) is 5.11 Å². The molecule has 0 amide bonds. The van der Waals surface area contributed by atoms with Gasteiger partial charge in [-0.15, -0.1) is 6.58 Å². The third-order valence-corrected chi connectivity index (χ3v) is 1.99. The number of nitrogens with zero attached hydrogens (tertiary/aromatic N) is 1. The van der Waals surface area contributed by atoms with E-state index in [2.05, 4.69) is 6.58 Å². The van der Waals surface area contributed by atoms with E-state index in [1.807, 2.05) is 6.07 Å². The molecule has 0 aromatic heterocycles. The topological polar surface area (TPSA) is 70.0 Å². The van der Waals surface area contributed by atoms with E-state index < -0.39 is 0 Å². The maximum Gasteiger partial charge on any atom is 0.133 e. The molecule has 3 nitrogen and oxygen atoms in total. The Hall–Kier alpha value is -1.79. The van der Waals surface area contributed by atoms with Gasteiger partial charge in [0.2, 0.25) is 0 Å². The lowest BCUT2D eigenvalue weighted by atomic mass is 10.0. The zero-order valence-corrected chi connectivity index (χ0v) is 7.77. The van der Waals surface area contributed by atoms with Gasteiger partial charge in [0.25, 0.3) is 0 Å². The first kappa shape index (κ1) is 10.3. The summed E-state index contributed by atoms with van der Waals surface area (Å²) < 4.78 is 0. The van der Waals surface area contributed by atoms with Crippen molar-refractivity contribution in [2.75, 3.05) is 0 Å². The lowest BCUT2D eigenvalue weighted by molar-refractivity contribution is 0.473. The summed E-state index contributed by atoms with van der Waals surface area (Å²) in [6.07, 6.45) is 2.37. The third-order valence-electron chi connectivity index (χ3n) is 1.99. The maximum atomic E-state index is 9.26. The molecule has 1 rings (SSSR count). The highest BCUT2D eigenvalue weighted by molar-refractivity contribution is 5.45. The highest BCUT2D eigenvalue weighted by Crippen LogP contribution is 2.22. The number of phenolic OH excluding ortho intramolecular Hbond substituents is 1. The van der Waals surface area contributed by atoms with Crippen molar-refractivity contribution in [3.8, 4) is 11.8 Å². The summed E-state index contributed by atoms with van der Waals surface area (Å²) in [6.45, 7) is 3.59. The summed E-state index contributed by atoms with van der Waals surface area (Å²) in [6, 6.07) is 6.53. The van der Waals surface area contributed by atoms with Crippen LogP contribution in [0.15, 0.2) is 30.9 Å². The van der Waals surface area contributed by atoms with Crippen molar-refractivity contribution in [1.29, 1.82) is 5.26 Å². The first-order valence-electron chi connectivity index (χ1n) is 4.28. The van der Waals surface area contributed by atoms with E-state index in [1.165, 1.54) is 6.07 Å². The van der Waals surface area contributed by atoms with Gasteiger partial charge in [0, 0.05) is 6.04 Å². The summed E-state index contributed by atoms with van der Waals surface area (Å²) >= 11 is 0. The highest BCUT2D eigenvalue weighted by atomic mass is 16.3. The van der Waals surface area contributed by atoms with Crippen molar-refractivity contribution in [3.63, 3.8) is 0 Å². The molecule has 0 unspecified atom stereocenters. The van der Waals surface area contributed by atoms with Crippen LogP contribution in [0.1, 0.15) is 23.6 Å². The van der Waals surface area contributed by atoms with Crippen LogP contribution in [-0.2, 0) is 0 Å². The summed E-state index contributed by atoms with van der Waals surface area (Å²) in [5.41, 5.74) is 6.90. The summed E-state index contributed by atoms with van der Waals surface area (Å²) in [7, 11) is 0. The van der Waals surface area contributed by atoms with Crippen LogP contribution in [0, 0.1) is 11.3 Å². The van der Waals surface area contributed by atoms with Gasteiger partial charge in [-0.1, -0.05) is 12.1 Å². The van der Waals surface area contributed by atoms with Crippen molar-refractivity contribution in [1.82, 2.24) is 0 Å². The minimum Gasteiger partial charge on any atom is -0.507 e. The smallest absolute Gasteiger partial charge is 0.133 e. The Labute approximate surface area is 83.1 Å². The second-order valence-corrected chi connectivity index (χ2v) is 3.02. The van der Waals surface area contributed by atoms with Gasteiger partial charge in [0.1, 0.15) is 11.8 Å². The second kappa shape index (κ2) is 4.45. The fourth-order valence-corrected chi connectivity index (χ4v) is 1.19. The molecule has 0 bridgehead atoms. The normalized spacial score (nSPS) is 11.7. The van der Waals surface area contributed by atoms with Crippen molar-refractivity contribution in [3.05, 3.63) is 42.0 Å². The summed E-state index contributed by atoms with van der Waals surface area (Å²) in [5.74, 6) is -0.0120. The predicted molar refractivity (Wildman–Crippen MR) is 54.6 cm³/mol. The number of nitrogens with two attached hydrogens (primary N) is 1. The fourth-order valence-electron chi connectivity index (χ4n) is 1.19. The molecule has 0 radical (unpaired) electrons. The molecule has 0 aliphatic carbocycles. The van der Waals surface area contributed by atoms with Gasteiger partial charge in [-0.3, -0.25) is 0 Å². The fraction of sp³-hybridized carbons (Fsp3) is 0.182. The van der Waals surface area contributed by atoms with Crippen molar-refractivity contribution in [2.45, 2.75) is 12.5 Å². The lowest BCUT2D eigenvalue weighted by Crippen LogP contribution is -2.08. The molecule has 72 valence electrons. The van der Waals surface area contributed by atoms with Crippen LogP contribution in [0.2, 0.25) is 0 Å². The number of benzene rings is 1. The van der Waals surface area contributed by atoms with Gasteiger partial charge < -0.3 is 10.8 Å². The Morgan fingerprint density at radius 3 is 2.93 bits per heavy atom. The number of rotatable bonds is 3. The number of hydrogen-bond donors (Lipinski definition) is 2. The van der Waals surface area contributed by atoms with Gasteiger partial charge in [-0.25, -0.2) is 0 Å². The number of nitriles is 1. The van der Waals surface area contributed by atoms with E-state index in [1.54, 1.807) is 18.2 Å². The average molecular weight is 188 g/mol. The number of phenols is 1. The third kappa shape index (κ3) is 2.12. The van der Waals surface area contributed by atoms with E-state index >= 15 is 0 Å². The Bertz CT molecular complexity index is 379. The Morgan fingerprint density at radius 2 is 2.36 bits per heavy atom. The van der Waals surface area contributed by atoms with Gasteiger partial charge >= 0.3 is 0 Å². The Morgan fingerprint density at radius 1 is 1.64 bits per heavy atom. The molecule has 0 saturated heterocycles. The zero-order chi connectivity index (χ0) is 10.6. The molecule has 1 atom stereocenters. The predicted octanol–water partition coefficient (Wildman–Crippen LogP) is 1.84. The molecular weight excluding hydrogens is 176 g/mol. The first-order valence-corrected chi connectivity index (χ1v) is 4.28. The molecule has 0 saturated carbocycles. The molecule has 0 aliphatic heterocycles.